The largest absolute Gasteiger partial charge is 0.507 e. The predicted octanol–water partition coefficient (Wildman–Crippen LogP) is 0.436. The standard InChI is InChI=1S/C20H18O10/c21-8-2-1-7(3-9(8)22)14-5-12(25)15-10(23)4-11(24)16(19(15)30-14)20-18(28)17(27)13(26)6-29-20/h1-5,13,17-18,20-24,26-28H,6H2/t13-,17-,18+,20+/m0/s1. The molecule has 1 aromatic heterocycles. The highest BCUT2D eigenvalue weighted by Gasteiger charge is 2.41. The molecule has 10 heteroatoms. The van der Waals surface area contributed by atoms with Gasteiger partial charge in [0.1, 0.15) is 47.1 Å². The van der Waals surface area contributed by atoms with Crippen LogP contribution < -0.4 is 5.43 Å². The van der Waals surface area contributed by atoms with Crippen molar-refractivity contribution in [2.24, 2.45) is 0 Å². The van der Waals surface area contributed by atoms with Gasteiger partial charge in [-0.3, -0.25) is 4.79 Å². The first kappa shape index (κ1) is 20.0. The van der Waals surface area contributed by atoms with E-state index in [1.165, 1.54) is 12.1 Å². The highest BCUT2D eigenvalue weighted by molar-refractivity contribution is 5.89. The molecule has 4 atom stereocenters. The topological polar surface area (TPSA) is 181 Å². The summed E-state index contributed by atoms with van der Waals surface area (Å²) in [7, 11) is 0. The minimum absolute atomic E-state index is 0.0695. The number of hydrogen-bond donors (Lipinski definition) is 7. The summed E-state index contributed by atoms with van der Waals surface area (Å²) in [5, 5.41) is 69.5. The number of aliphatic hydroxyl groups excluding tert-OH is 3. The van der Waals surface area contributed by atoms with Gasteiger partial charge in [0.25, 0.3) is 0 Å². The molecule has 1 aliphatic rings. The summed E-state index contributed by atoms with van der Waals surface area (Å²) in [6, 6.07) is 5.63. The zero-order valence-electron chi connectivity index (χ0n) is 15.3. The van der Waals surface area contributed by atoms with Crippen molar-refractivity contribution in [2.45, 2.75) is 24.4 Å². The molecule has 1 aliphatic heterocycles. The number of phenolic OH excluding ortho intramolecular Hbond substituents is 4. The lowest BCUT2D eigenvalue weighted by molar-refractivity contribution is -0.189. The van der Waals surface area contributed by atoms with Crippen molar-refractivity contribution in [3.63, 3.8) is 0 Å². The van der Waals surface area contributed by atoms with Gasteiger partial charge in [0.15, 0.2) is 22.5 Å². The molecule has 158 valence electrons. The van der Waals surface area contributed by atoms with Crippen LogP contribution in [0.15, 0.2) is 39.5 Å². The second-order valence-electron chi connectivity index (χ2n) is 7.01. The van der Waals surface area contributed by atoms with E-state index in [1.54, 1.807) is 0 Å². The molecule has 3 aromatic rings. The quantitative estimate of drug-likeness (QED) is 0.288. The molecule has 10 nitrogen and oxygen atoms in total. The maximum absolute atomic E-state index is 12.7. The molecule has 1 saturated heterocycles. The summed E-state index contributed by atoms with van der Waals surface area (Å²) in [4.78, 5) is 12.7. The lowest BCUT2D eigenvalue weighted by Gasteiger charge is -2.35. The maximum atomic E-state index is 12.7. The molecule has 0 saturated carbocycles. The summed E-state index contributed by atoms with van der Waals surface area (Å²) >= 11 is 0. The molecule has 0 amide bonds. The van der Waals surface area contributed by atoms with E-state index in [9.17, 15) is 40.5 Å². The van der Waals surface area contributed by atoms with E-state index in [0.717, 1.165) is 18.2 Å². The zero-order chi connectivity index (χ0) is 21.7. The molecule has 2 aromatic carbocycles. The summed E-state index contributed by atoms with van der Waals surface area (Å²) < 4.78 is 11.1. The van der Waals surface area contributed by atoms with E-state index >= 15 is 0 Å². The number of benzene rings is 2. The van der Waals surface area contributed by atoms with Crippen LogP contribution in [0.1, 0.15) is 11.7 Å². The van der Waals surface area contributed by atoms with E-state index in [2.05, 4.69) is 0 Å². The Bertz CT molecular complexity index is 1180. The van der Waals surface area contributed by atoms with Gasteiger partial charge < -0.3 is 44.9 Å². The first-order valence-corrected chi connectivity index (χ1v) is 8.90. The van der Waals surface area contributed by atoms with Gasteiger partial charge in [-0.05, 0) is 18.2 Å². The van der Waals surface area contributed by atoms with Gasteiger partial charge in [0.05, 0.1) is 12.2 Å². The zero-order valence-corrected chi connectivity index (χ0v) is 15.3. The van der Waals surface area contributed by atoms with Crippen LogP contribution >= 0.6 is 0 Å². The van der Waals surface area contributed by atoms with Gasteiger partial charge in [0.2, 0.25) is 0 Å². The van der Waals surface area contributed by atoms with Crippen LogP contribution in [0.25, 0.3) is 22.3 Å². The lowest BCUT2D eigenvalue weighted by Crippen LogP contribution is -2.49. The van der Waals surface area contributed by atoms with Crippen molar-refractivity contribution in [3.8, 4) is 34.3 Å². The Hall–Kier alpha value is -3.31. The third kappa shape index (κ3) is 3.12. The molecular weight excluding hydrogens is 400 g/mol. The number of hydrogen-bond acceptors (Lipinski definition) is 10. The van der Waals surface area contributed by atoms with Crippen molar-refractivity contribution < 1.29 is 44.9 Å². The summed E-state index contributed by atoms with van der Waals surface area (Å²) in [6.45, 7) is -0.361. The second kappa shape index (κ2) is 7.18. The Labute approximate surface area is 168 Å². The fraction of sp³-hybridized carbons (Fsp3) is 0.250. The Morgan fingerprint density at radius 3 is 2.27 bits per heavy atom. The SMILES string of the molecule is O=c1cc(-c2ccc(O)c(O)c2)oc2c([C@H]3OC[C@H](O)[C@H](O)[C@H]3O)c(O)cc(O)c12. The number of phenols is 4. The number of rotatable bonds is 2. The molecular formula is C20H18O10. The van der Waals surface area contributed by atoms with E-state index in [0.29, 0.717) is 0 Å². The molecule has 0 unspecified atom stereocenters. The Morgan fingerprint density at radius 1 is 0.833 bits per heavy atom. The van der Waals surface area contributed by atoms with Crippen molar-refractivity contribution in [1.29, 1.82) is 0 Å². The van der Waals surface area contributed by atoms with Crippen LogP contribution in [0.2, 0.25) is 0 Å². The second-order valence-corrected chi connectivity index (χ2v) is 7.01. The molecule has 2 heterocycles. The first-order chi connectivity index (χ1) is 14.2. The third-order valence-electron chi connectivity index (χ3n) is 5.04. The summed E-state index contributed by atoms with van der Waals surface area (Å²) in [6.07, 6.45) is -5.99. The number of fused-ring (bicyclic) bond motifs is 1. The number of ether oxygens (including phenoxy) is 1. The molecule has 0 aliphatic carbocycles. The highest BCUT2D eigenvalue weighted by atomic mass is 16.5. The van der Waals surface area contributed by atoms with Crippen LogP contribution in [0, 0.1) is 0 Å². The third-order valence-corrected chi connectivity index (χ3v) is 5.04. The summed E-state index contributed by atoms with van der Waals surface area (Å²) in [5.74, 6) is -2.06. The maximum Gasteiger partial charge on any atom is 0.197 e. The van der Waals surface area contributed by atoms with Gasteiger partial charge in [0, 0.05) is 17.7 Å². The van der Waals surface area contributed by atoms with Crippen LogP contribution in [0.5, 0.6) is 23.0 Å². The van der Waals surface area contributed by atoms with E-state index in [-0.39, 0.29) is 40.2 Å². The molecule has 30 heavy (non-hydrogen) atoms. The Kier molecular flexibility index (Phi) is 4.79. The van der Waals surface area contributed by atoms with Crippen LogP contribution in [0.4, 0.5) is 0 Å². The van der Waals surface area contributed by atoms with Crippen LogP contribution in [-0.2, 0) is 4.74 Å². The van der Waals surface area contributed by atoms with Crippen LogP contribution in [0.3, 0.4) is 0 Å². The molecule has 0 bridgehead atoms. The van der Waals surface area contributed by atoms with Crippen molar-refractivity contribution >= 4 is 11.0 Å². The van der Waals surface area contributed by atoms with Gasteiger partial charge in [-0.25, -0.2) is 0 Å². The molecule has 0 spiro atoms. The fourth-order valence-corrected chi connectivity index (χ4v) is 3.48. The number of aromatic hydroxyl groups is 4. The lowest BCUT2D eigenvalue weighted by atomic mass is 9.92. The van der Waals surface area contributed by atoms with E-state index < -0.39 is 47.1 Å². The average Bonchev–Trinajstić information content (AvgIpc) is 2.69. The monoisotopic (exact) mass is 418 g/mol. The van der Waals surface area contributed by atoms with E-state index in [4.69, 9.17) is 9.15 Å². The number of aliphatic hydroxyl groups is 3. The molecule has 0 radical (unpaired) electrons. The molecule has 1 fully saturated rings. The van der Waals surface area contributed by atoms with Crippen molar-refractivity contribution in [1.82, 2.24) is 0 Å². The van der Waals surface area contributed by atoms with Crippen molar-refractivity contribution in [2.75, 3.05) is 6.61 Å². The minimum atomic E-state index is -1.67. The highest BCUT2D eigenvalue weighted by Crippen LogP contribution is 2.43. The fourth-order valence-electron chi connectivity index (χ4n) is 3.48. The minimum Gasteiger partial charge on any atom is -0.507 e. The first-order valence-electron chi connectivity index (χ1n) is 8.90. The smallest absolute Gasteiger partial charge is 0.197 e. The van der Waals surface area contributed by atoms with Crippen molar-refractivity contribution in [3.05, 3.63) is 46.1 Å². The Balaban J connectivity index is 1.97. The van der Waals surface area contributed by atoms with Gasteiger partial charge in [-0.1, -0.05) is 0 Å². The molecule has 4 rings (SSSR count). The summed E-state index contributed by atoms with van der Waals surface area (Å²) in [5.41, 5.74) is -1.000. The van der Waals surface area contributed by atoms with Gasteiger partial charge in [-0.2, -0.15) is 0 Å². The van der Waals surface area contributed by atoms with Crippen LogP contribution in [-0.4, -0.2) is 60.7 Å². The molecule has 7 N–H and O–H groups in total. The normalized spacial score (nSPS) is 24.2. The van der Waals surface area contributed by atoms with E-state index in [1.807, 2.05) is 0 Å². The average molecular weight is 418 g/mol. The predicted molar refractivity (Wildman–Crippen MR) is 101 cm³/mol. The Morgan fingerprint density at radius 2 is 1.57 bits per heavy atom. The van der Waals surface area contributed by atoms with Gasteiger partial charge >= 0.3 is 0 Å². The van der Waals surface area contributed by atoms with Gasteiger partial charge in [-0.15, -0.1) is 0 Å².